The molecule has 1 amide bonds. The summed E-state index contributed by atoms with van der Waals surface area (Å²) >= 11 is 9.06. The lowest BCUT2D eigenvalue weighted by Crippen LogP contribution is -2.49. The molecule has 5 nitrogen and oxygen atoms in total. The molecule has 1 aliphatic heterocycles. The van der Waals surface area contributed by atoms with E-state index in [1.165, 1.54) is 6.07 Å². The Hall–Kier alpha value is -1.05. The standard InChI is InChI=1S/C18H25BrClFN2O3/c1-18(2,3)26-17(24)22-13-5-4-6-23(11-13)7-8-25-16-14(19)9-12(20)10-15(16)21/h9-10,13H,4-8,11H2,1-3H3,(H,22,24). The molecule has 2 rings (SSSR count). The maximum absolute atomic E-state index is 13.9. The number of hydrogen-bond acceptors (Lipinski definition) is 4. The normalized spacial score (nSPS) is 18.5. The summed E-state index contributed by atoms with van der Waals surface area (Å²) in [6.07, 6.45) is 1.49. The lowest BCUT2D eigenvalue weighted by atomic mass is 10.1. The van der Waals surface area contributed by atoms with E-state index in [9.17, 15) is 9.18 Å². The fourth-order valence-corrected chi connectivity index (χ4v) is 3.68. The number of alkyl carbamates (subject to hydrolysis) is 1. The molecule has 0 spiro atoms. The maximum Gasteiger partial charge on any atom is 0.407 e. The largest absolute Gasteiger partial charge is 0.488 e. The van der Waals surface area contributed by atoms with Crippen LogP contribution in [0.3, 0.4) is 0 Å². The Bertz CT molecular complexity index is 616. The van der Waals surface area contributed by atoms with Gasteiger partial charge in [-0.2, -0.15) is 0 Å². The van der Waals surface area contributed by atoms with Crippen LogP contribution >= 0.6 is 27.5 Å². The van der Waals surface area contributed by atoms with Crippen molar-refractivity contribution in [2.75, 3.05) is 26.2 Å². The van der Waals surface area contributed by atoms with Gasteiger partial charge in [0, 0.05) is 24.2 Å². The average Bonchev–Trinajstić information content (AvgIpc) is 2.48. The molecular formula is C18H25BrClFN2O3. The highest BCUT2D eigenvalue weighted by atomic mass is 79.9. The number of nitrogens with one attached hydrogen (secondary N) is 1. The average molecular weight is 452 g/mol. The number of halogens is 3. The predicted molar refractivity (Wildman–Crippen MR) is 103 cm³/mol. The first-order valence-electron chi connectivity index (χ1n) is 8.63. The second-order valence-electron chi connectivity index (χ2n) is 7.33. The zero-order chi connectivity index (χ0) is 19.3. The number of benzene rings is 1. The topological polar surface area (TPSA) is 50.8 Å². The van der Waals surface area contributed by atoms with Gasteiger partial charge in [-0.25, -0.2) is 9.18 Å². The van der Waals surface area contributed by atoms with Crippen molar-refractivity contribution in [2.24, 2.45) is 0 Å². The molecule has 0 radical (unpaired) electrons. The van der Waals surface area contributed by atoms with E-state index < -0.39 is 17.5 Å². The van der Waals surface area contributed by atoms with E-state index in [2.05, 4.69) is 26.1 Å². The second-order valence-corrected chi connectivity index (χ2v) is 8.62. The molecule has 1 aromatic rings. The summed E-state index contributed by atoms with van der Waals surface area (Å²) in [7, 11) is 0. The highest BCUT2D eigenvalue weighted by Gasteiger charge is 2.24. The van der Waals surface area contributed by atoms with Crippen LogP contribution in [-0.2, 0) is 4.74 Å². The van der Waals surface area contributed by atoms with Crippen LogP contribution in [0.5, 0.6) is 5.75 Å². The number of rotatable bonds is 5. The highest BCUT2D eigenvalue weighted by molar-refractivity contribution is 9.10. The number of amides is 1. The van der Waals surface area contributed by atoms with Gasteiger partial charge < -0.3 is 14.8 Å². The van der Waals surface area contributed by atoms with E-state index in [1.807, 2.05) is 20.8 Å². The molecular weight excluding hydrogens is 427 g/mol. The first-order valence-corrected chi connectivity index (χ1v) is 9.80. The Balaban J connectivity index is 1.79. The molecule has 0 saturated carbocycles. The summed E-state index contributed by atoms with van der Waals surface area (Å²) in [4.78, 5) is 14.1. The van der Waals surface area contributed by atoms with Gasteiger partial charge in [0.25, 0.3) is 0 Å². The number of ether oxygens (including phenoxy) is 2. The summed E-state index contributed by atoms with van der Waals surface area (Å²) in [6.45, 7) is 8.13. The molecule has 8 heteroatoms. The summed E-state index contributed by atoms with van der Waals surface area (Å²) in [5.74, 6) is -0.331. The van der Waals surface area contributed by atoms with E-state index in [1.54, 1.807) is 6.07 Å². The lowest BCUT2D eigenvalue weighted by Gasteiger charge is -2.33. The zero-order valence-corrected chi connectivity index (χ0v) is 17.6. The monoisotopic (exact) mass is 450 g/mol. The zero-order valence-electron chi connectivity index (χ0n) is 15.3. The summed E-state index contributed by atoms with van der Waals surface area (Å²) in [5.41, 5.74) is -0.512. The van der Waals surface area contributed by atoms with Gasteiger partial charge in [0.1, 0.15) is 12.2 Å². The van der Waals surface area contributed by atoms with Gasteiger partial charge in [-0.1, -0.05) is 11.6 Å². The fraction of sp³-hybridized carbons (Fsp3) is 0.611. The Morgan fingerprint density at radius 3 is 2.85 bits per heavy atom. The van der Waals surface area contributed by atoms with Gasteiger partial charge >= 0.3 is 6.09 Å². The molecule has 0 aromatic heterocycles. The molecule has 1 aliphatic rings. The van der Waals surface area contributed by atoms with Gasteiger partial charge in [-0.3, -0.25) is 4.90 Å². The highest BCUT2D eigenvalue weighted by Crippen LogP contribution is 2.31. The van der Waals surface area contributed by atoms with Crippen LogP contribution in [0.2, 0.25) is 5.02 Å². The van der Waals surface area contributed by atoms with Crippen LogP contribution in [0, 0.1) is 5.82 Å². The van der Waals surface area contributed by atoms with Crippen LogP contribution in [0.1, 0.15) is 33.6 Å². The van der Waals surface area contributed by atoms with Gasteiger partial charge in [-0.15, -0.1) is 0 Å². The summed E-state index contributed by atoms with van der Waals surface area (Å²) in [5, 5.41) is 3.23. The smallest absolute Gasteiger partial charge is 0.407 e. The Kier molecular flexibility index (Phi) is 7.55. The summed E-state index contributed by atoms with van der Waals surface area (Å²) < 4.78 is 25.3. The molecule has 0 bridgehead atoms. The number of piperidine rings is 1. The predicted octanol–water partition coefficient (Wildman–Crippen LogP) is 4.61. The van der Waals surface area contributed by atoms with Gasteiger partial charge in [0.2, 0.25) is 0 Å². The number of hydrogen-bond donors (Lipinski definition) is 1. The number of carbonyl (C=O) groups is 1. The van der Waals surface area contributed by atoms with E-state index in [4.69, 9.17) is 21.1 Å². The Morgan fingerprint density at radius 2 is 2.19 bits per heavy atom. The molecule has 1 aromatic carbocycles. The van der Waals surface area contributed by atoms with Crippen LogP contribution < -0.4 is 10.1 Å². The second kappa shape index (κ2) is 9.24. The van der Waals surface area contributed by atoms with Crippen LogP contribution in [0.25, 0.3) is 0 Å². The van der Waals surface area contributed by atoms with Crippen molar-refractivity contribution in [3.8, 4) is 5.75 Å². The molecule has 1 N–H and O–H groups in total. The van der Waals surface area contributed by atoms with E-state index >= 15 is 0 Å². The minimum atomic E-state index is -0.512. The van der Waals surface area contributed by atoms with Crippen LogP contribution in [0.15, 0.2) is 16.6 Å². The molecule has 1 saturated heterocycles. The third-order valence-electron chi connectivity index (χ3n) is 3.84. The van der Waals surface area contributed by atoms with Crippen molar-refractivity contribution in [3.63, 3.8) is 0 Å². The first-order chi connectivity index (χ1) is 12.1. The third kappa shape index (κ3) is 6.93. The van der Waals surface area contributed by atoms with E-state index in [0.29, 0.717) is 29.2 Å². The van der Waals surface area contributed by atoms with Gasteiger partial charge in [-0.05, 0) is 68.2 Å². The van der Waals surface area contributed by atoms with Crippen molar-refractivity contribution in [1.82, 2.24) is 10.2 Å². The maximum atomic E-state index is 13.9. The van der Waals surface area contributed by atoms with E-state index in [0.717, 1.165) is 19.4 Å². The molecule has 1 atom stereocenters. The fourth-order valence-electron chi connectivity index (χ4n) is 2.79. The van der Waals surface area contributed by atoms with Crippen LogP contribution in [-0.4, -0.2) is 48.9 Å². The minimum Gasteiger partial charge on any atom is -0.488 e. The van der Waals surface area contributed by atoms with Crippen LogP contribution in [0.4, 0.5) is 9.18 Å². The molecule has 146 valence electrons. The summed E-state index contributed by atoms with van der Waals surface area (Å²) in [6, 6.07) is 2.86. The molecule has 1 fully saturated rings. The molecule has 0 aliphatic carbocycles. The van der Waals surface area contributed by atoms with Crippen molar-refractivity contribution < 1.29 is 18.7 Å². The quantitative estimate of drug-likeness (QED) is 0.710. The lowest BCUT2D eigenvalue weighted by molar-refractivity contribution is 0.0468. The van der Waals surface area contributed by atoms with E-state index in [-0.39, 0.29) is 11.8 Å². The van der Waals surface area contributed by atoms with Crippen molar-refractivity contribution in [3.05, 3.63) is 27.4 Å². The van der Waals surface area contributed by atoms with Crippen molar-refractivity contribution >= 4 is 33.6 Å². The van der Waals surface area contributed by atoms with Crippen molar-refractivity contribution in [2.45, 2.75) is 45.3 Å². The van der Waals surface area contributed by atoms with Gasteiger partial charge in [0.05, 0.1) is 4.47 Å². The number of likely N-dealkylation sites (tertiary alicyclic amines) is 1. The number of nitrogens with zero attached hydrogens (tertiary/aromatic N) is 1. The van der Waals surface area contributed by atoms with Crippen molar-refractivity contribution in [1.29, 1.82) is 0 Å². The third-order valence-corrected chi connectivity index (χ3v) is 4.65. The molecule has 1 unspecified atom stereocenters. The first kappa shape index (κ1) is 21.3. The number of carbonyl (C=O) groups excluding carboxylic acids is 1. The Morgan fingerprint density at radius 1 is 1.46 bits per heavy atom. The molecule has 1 heterocycles. The molecule has 26 heavy (non-hydrogen) atoms. The minimum absolute atomic E-state index is 0.0394. The van der Waals surface area contributed by atoms with Gasteiger partial charge in [0.15, 0.2) is 11.6 Å². The Labute approximate surface area is 167 Å². The SMILES string of the molecule is CC(C)(C)OC(=O)NC1CCCN(CCOc2c(F)cc(Cl)cc2Br)C1.